The minimum Gasteiger partial charge on any atom is -0.469 e. The van der Waals surface area contributed by atoms with E-state index in [1.807, 2.05) is 117 Å². The van der Waals surface area contributed by atoms with Crippen LogP contribution in [0.5, 0.6) is 28.7 Å². The van der Waals surface area contributed by atoms with Crippen molar-refractivity contribution in [1.29, 1.82) is 0 Å². The number of para-hydroxylation sites is 4. The van der Waals surface area contributed by atoms with Gasteiger partial charge in [0.1, 0.15) is 35.0 Å². The molecule has 0 spiro atoms. The summed E-state index contributed by atoms with van der Waals surface area (Å²) in [5.41, 5.74) is 9.70. The predicted octanol–water partition coefficient (Wildman–Crippen LogP) is 12.8. The first-order valence-corrected chi connectivity index (χ1v) is 25.5. The third kappa shape index (κ3) is 14.9. The number of hydrogen-bond donors (Lipinski definition) is 0. The second-order valence-corrected chi connectivity index (χ2v) is 18.9. The van der Waals surface area contributed by atoms with Gasteiger partial charge >= 0.3 is 26.5 Å². The van der Waals surface area contributed by atoms with E-state index >= 15 is 0 Å². The van der Waals surface area contributed by atoms with Crippen LogP contribution in [0.2, 0.25) is 0 Å². The van der Waals surface area contributed by atoms with Crippen molar-refractivity contribution in [3.63, 3.8) is 0 Å². The fraction of sp³-hybridized carbons (Fsp3) is 0.286. The zero-order chi connectivity index (χ0) is 50.0. The highest BCUT2D eigenvalue weighted by molar-refractivity contribution is 7.47. The van der Waals surface area contributed by atoms with Crippen molar-refractivity contribution in [3.05, 3.63) is 171 Å². The van der Waals surface area contributed by atoms with Crippen molar-refractivity contribution in [3.8, 4) is 39.9 Å². The molecule has 6 aromatic rings. The van der Waals surface area contributed by atoms with Gasteiger partial charge in [0.2, 0.25) is 0 Å². The van der Waals surface area contributed by atoms with Crippen LogP contribution in [0.25, 0.3) is 11.1 Å². The maximum absolute atomic E-state index is 12.3. The molecule has 366 valence electrons. The Morgan fingerprint density at radius 2 is 0.857 bits per heavy atom. The van der Waals surface area contributed by atoms with Gasteiger partial charge in [-0.2, -0.15) is 0 Å². The van der Waals surface area contributed by atoms with Crippen LogP contribution in [-0.4, -0.2) is 45.5 Å². The molecule has 0 bridgehead atoms. The van der Waals surface area contributed by atoms with E-state index in [4.69, 9.17) is 36.8 Å². The summed E-state index contributed by atoms with van der Waals surface area (Å²) in [6.45, 7) is 8.14. The molecule has 0 aliphatic carbocycles. The third-order valence-corrected chi connectivity index (χ3v) is 13.8. The van der Waals surface area contributed by atoms with Crippen LogP contribution < -0.4 is 22.6 Å². The number of methoxy groups -OCH3 is 3. The number of benzene rings is 6. The van der Waals surface area contributed by atoms with Gasteiger partial charge in [-0.25, -0.2) is 0 Å². The van der Waals surface area contributed by atoms with Gasteiger partial charge in [-0.3, -0.25) is 14.4 Å². The molecule has 0 fully saturated rings. The molecule has 12 nitrogen and oxygen atoms in total. The Labute approximate surface area is 413 Å². The van der Waals surface area contributed by atoms with E-state index in [9.17, 15) is 19.2 Å². The molecular weight excluding hydrogens is 927 g/mol. The van der Waals surface area contributed by atoms with E-state index in [2.05, 4.69) is 32.0 Å². The summed E-state index contributed by atoms with van der Waals surface area (Å²) < 4.78 is 49.3. The van der Waals surface area contributed by atoms with Gasteiger partial charge in [0, 0.05) is 31.2 Å². The van der Waals surface area contributed by atoms with Crippen molar-refractivity contribution in [2.75, 3.05) is 21.3 Å². The largest absolute Gasteiger partial charge is 0.530 e. The highest BCUT2D eigenvalue weighted by atomic mass is 31.2. The van der Waals surface area contributed by atoms with Crippen molar-refractivity contribution in [2.45, 2.75) is 85.2 Å². The van der Waals surface area contributed by atoms with Gasteiger partial charge in [0.15, 0.2) is 0 Å². The Bertz CT molecular complexity index is 2690. The number of esters is 3. The Balaban J connectivity index is 1.46. The van der Waals surface area contributed by atoms with Crippen LogP contribution in [0.4, 0.5) is 0 Å². The van der Waals surface area contributed by atoms with Gasteiger partial charge in [-0.15, -0.1) is 0 Å². The first-order valence-electron chi connectivity index (χ1n) is 23.0. The topological polar surface area (TPSA) is 142 Å². The maximum Gasteiger partial charge on any atom is 0.530 e. The minimum atomic E-state index is -2.25. The molecule has 70 heavy (non-hydrogen) atoms. The van der Waals surface area contributed by atoms with Gasteiger partial charge in [0.25, 0.3) is 8.38 Å². The highest BCUT2D eigenvalue weighted by Gasteiger charge is 2.29. The molecule has 0 saturated heterocycles. The van der Waals surface area contributed by atoms with E-state index in [1.165, 1.54) is 21.3 Å². The molecule has 0 N–H and O–H groups in total. The number of aldehydes is 1. The smallest absolute Gasteiger partial charge is 0.469 e. The second kappa shape index (κ2) is 26.3. The Morgan fingerprint density at radius 1 is 0.471 bits per heavy atom. The molecule has 6 aromatic carbocycles. The normalized spacial score (nSPS) is 11.3. The van der Waals surface area contributed by atoms with Crippen LogP contribution in [-0.2, 0) is 65.2 Å². The van der Waals surface area contributed by atoms with E-state index < -0.39 is 17.0 Å². The lowest BCUT2D eigenvalue weighted by molar-refractivity contribution is -0.141. The molecule has 14 heteroatoms. The number of carbonyl (C=O) groups is 4. The van der Waals surface area contributed by atoms with Crippen LogP contribution in [0, 0.1) is 27.7 Å². The molecule has 0 radical (unpaired) electrons. The fourth-order valence-electron chi connectivity index (χ4n) is 7.87. The summed E-state index contributed by atoms with van der Waals surface area (Å²) in [7, 11) is 0.0342. The van der Waals surface area contributed by atoms with Crippen LogP contribution >= 0.6 is 17.0 Å². The standard InChI is InChI=1S/C56H60O12P2/c1-38-33-40(3)48(37-69(64-49-22-12-9-18-43(49)26-29-53(58)61-5)65-50-23-13-10-19-44(50)27-30-54(59)62-6)46(35-38)47-36-39(2)34-41(4)56(47)68-70(66-51-24-14-8-17-42(51)21-16-32-57)67-52-25-15-11-20-45(52)28-31-55(60)63-7/h8-15,17-20,22-25,32-36H,16,21,26-31,37H2,1-7H3. The summed E-state index contributed by atoms with van der Waals surface area (Å²) in [4.78, 5) is 48.3. The lowest BCUT2D eigenvalue weighted by atomic mass is 9.92. The maximum atomic E-state index is 12.3. The Kier molecular flexibility index (Phi) is 19.8. The lowest BCUT2D eigenvalue weighted by Gasteiger charge is -2.26. The molecule has 0 heterocycles. The van der Waals surface area contributed by atoms with E-state index in [1.54, 1.807) is 0 Å². The summed E-state index contributed by atoms with van der Waals surface area (Å²) in [6, 6.07) is 38.5. The van der Waals surface area contributed by atoms with E-state index in [0.29, 0.717) is 67.0 Å². The van der Waals surface area contributed by atoms with Crippen molar-refractivity contribution < 1.29 is 56.0 Å². The average Bonchev–Trinajstić information content (AvgIpc) is 3.36. The van der Waals surface area contributed by atoms with Crippen LogP contribution in [0.3, 0.4) is 0 Å². The zero-order valence-electron chi connectivity index (χ0n) is 40.8. The monoisotopic (exact) mass is 986 g/mol. The summed E-state index contributed by atoms with van der Waals surface area (Å²) in [6.07, 6.45) is 3.59. The minimum absolute atomic E-state index is 0.149. The fourth-order valence-corrected chi connectivity index (χ4v) is 10.7. The number of aryl methyl sites for hydroxylation is 8. The number of ether oxygens (including phenoxy) is 3. The molecule has 1 unspecified atom stereocenters. The lowest BCUT2D eigenvalue weighted by Crippen LogP contribution is -2.09. The molecule has 1 atom stereocenters. The van der Waals surface area contributed by atoms with Gasteiger partial charge < -0.3 is 41.6 Å². The summed E-state index contributed by atoms with van der Waals surface area (Å²) in [5, 5.41) is 0. The summed E-state index contributed by atoms with van der Waals surface area (Å²) >= 11 is 0. The Hall–Kier alpha value is -6.74. The number of carbonyl (C=O) groups excluding carboxylic acids is 4. The molecule has 0 aromatic heterocycles. The SMILES string of the molecule is COC(=O)CCc1ccccc1OP(Cc1c(C)cc(C)cc1-c1cc(C)cc(C)c1OP(Oc1ccccc1CCC=O)Oc1ccccc1CCC(=O)OC)Oc1ccccc1CCC(=O)OC. The van der Waals surface area contributed by atoms with Crippen molar-refractivity contribution in [1.82, 2.24) is 0 Å². The molecule has 0 aliphatic heterocycles. The number of rotatable bonds is 25. The van der Waals surface area contributed by atoms with Gasteiger partial charge in [0.05, 0.1) is 27.5 Å². The molecule has 0 saturated carbocycles. The second-order valence-electron chi connectivity index (χ2n) is 16.6. The van der Waals surface area contributed by atoms with Crippen molar-refractivity contribution >= 4 is 41.2 Å². The average molecular weight is 987 g/mol. The first kappa shape index (κ1) is 52.6. The van der Waals surface area contributed by atoms with Crippen molar-refractivity contribution in [2.24, 2.45) is 0 Å². The Morgan fingerprint density at radius 3 is 1.29 bits per heavy atom. The predicted molar refractivity (Wildman–Crippen MR) is 273 cm³/mol. The zero-order valence-corrected chi connectivity index (χ0v) is 42.6. The third-order valence-electron chi connectivity index (χ3n) is 11.4. The molecular formula is C56H60O12P2. The van der Waals surface area contributed by atoms with Crippen LogP contribution in [0.15, 0.2) is 121 Å². The van der Waals surface area contributed by atoms with Crippen LogP contribution in [0.1, 0.15) is 75.8 Å². The van der Waals surface area contributed by atoms with Gasteiger partial charge in [-0.1, -0.05) is 96.6 Å². The highest BCUT2D eigenvalue weighted by Crippen LogP contribution is 2.52. The quantitative estimate of drug-likeness (QED) is 0.0233. The summed E-state index contributed by atoms with van der Waals surface area (Å²) in [5.74, 6) is 1.68. The van der Waals surface area contributed by atoms with E-state index in [0.717, 1.165) is 67.5 Å². The molecule has 0 aliphatic rings. The van der Waals surface area contributed by atoms with E-state index in [-0.39, 0.29) is 37.2 Å². The van der Waals surface area contributed by atoms with Gasteiger partial charge in [-0.05, 0) is 134 Å². The number of hydrogen-bond acceptors (Lipinski definition) is 12. The molecule has 6 rings (SSSR count). The first-order chi connectivity index (χ1) is 33.9. The molecule has 0 amide bonds.